The number of aliphatic hydroxyl groups is 2. The number of hydrogen-bond donors (Lipinski definition) is 2. The van der Waals surface area contributed by atoms with Gasteiger partial charge in [-0.1, -0.05) is 51.4 Å². The van der Waals surface area contributed by atoms with E-state index in [0.29, 0.717) is 6.42 Å². The minimum atomic E-state index is -0.375. The molecule has 0 aromatic rings. The average Bonchev–Trinajstić information content (AvgIpc) is 2.28. The summed E-state index contributed by atoms with van der Waals surface area (Å²) < 4.78 is 0. The van der Waals surface area contributed by atoms with Gasteiger partial charge in [0.05, 0.1) is 12.2 Å². The van der Waals surface area contributed by atoms with Crippen LogP contribution in [-0.4, -0.2) is 22.4 Å². The summed E-state index contributed by atoms with van der Waals surface area (Å²) in [5.41, 5.74) is 0. The molecule has 1 fully saturated rings. The Bertz CT molecular complexity index is 118. The maximum absolute atomic E-state index is 8.56. The number of hydrogen-bond acceptors (Lipinski definition) is 2. The molecule has 0 heterocycles. The third-order valence-electron chi connectivity index (χ3n) is 2.68. The van der Waals surface area contributed by atoms with E-state index in [4.69, 9.17) is 10.2 Å². The summed E-state index contributed by atoms with van der Waals surface area (Å²) in [5.74, 6) is 0. The third-order valence-corrected chi connectivity index (χ3v) is 2.68. The van der Waals surface area contributed by atoms with Gasteiger partial charge in [-0.2, -0.15) is 27.7 Å². The molecule has 1 saturated carbocycles. The van der Waals surface area contributed by atoms with E-state index in [-0.39, 0.29) is 31.7 Å². The van der Waals surface area contributed by atoms with Crippen molar-refractivity contribution in [1.82, 2.24) is 0 Å². The van der Waals surface area contributed by atoms with Gasteiger partial charge in [-0.25, -0.2) is 0 Å². The van der Waals surface area contributed by atoms with Crippen molar-refractivity contribution in [3.63, 3.8) is 0 Å². The molecule has 0 aromatic carbocycles. The predicted molar refractivity (Wildman–Crippen MR) is 96.2 cm³/mol. The quantitative estimate of drug-likeness (QED) is 0.456. The molecular weight excluding hydrogens is 363 g/mol. The topological polar surface area (TPSA) is 40.5 Å². The van der Waals surface area contributed by atoms with Gasteiger partial charge >= 0.3 is 19.5 Å². The van der Waals surface area contributed by atoms with E-state index in [1.807, 2.05) is 40.5 Å². The maximum Gasteiger partial charge on any atom is 2.00 e. The Morgan fingerprint density at radius 2 is 0.773 bits per heavy atom. The first-order chi connectivity index (χ1) is 9.95. The van der Waals surface area contributed by atoms with E-state index in [1.165, 1.54) is 51.4 Å². The number of rotatable bonds is 2. The van der Waals surface area contributed by atoms with Crippen LogP contribution in [0.4, 0.5) is 0 Å². The molecule has 0 bridgehead atoms. The van der Waals surface area contributed by atoms with Gasteiger partial charge in [0.15, 0.2) is 0 Å². The first kappa shape index (κ1) is 30.4. The molecule has 2 nitrogen and oxygen atoms in total. The molecule has 2 atom stereocenters. The van der Waals surface area contributed by atoms with Crippen molar-refractivity contribution in [3.8, 4) is 0 Å². The third kappa shape index (κ3) is 49.9. The Labute approximate surface area is 154 Å². The van der Waals surface area contributed by atoms with E-state index >= 15 is 0 Å². The van der Waals surface area contributed by atoms with Crippen molar-refractivity contribution >= 4 is 0 Å². The summed E-state index contributed by atoms with van der Waals surface area (Å²) in [7, 11) is 0. The molecule has 1 aliphatic carbocycles. The zero-order valence-electron chi connectivity index (χ0n) is 15.9. The minimum Gasteiger partial charge on any atom is -0.393 e. The van der Waals surface area contributed by atoms with Crippen molar-refractivity contribution in [3.05, 3.63) is 12.8 Å². The van der Waals surface area contributed by atoms with Gasteiger partial charge in [0, 0.05) is 0 Å². The molecule has 139 valence electrons. The molecule has 0 aromatic heterocycles. The Hall–Kier alpha value is 0.543. The Balaban J connectivity index is -0.000000106. The zero-order valence-corrected chi connectivity index (χ0v) is 17.5. The zero-order chi connectivity index (χ0) is 16.9. The monoisotopic (exact) mass is 405 g/mol. The van der Waals surface area contributed by atoms with Gasteiger partial charge in [-0.15, -0.1) is 0 Å². The first-order valence-electron chi connectivity index (χ1n) is 8.80. The van der Waals surface area contributed by atoms with Gasteiger partial charge in [0.2, 0.25) is 0 Å². The predicted octanol–water partition coefficient (Wildman–Crippen LogP) is 5.72. The van der Waals surface area contributed by atoms with E-state index in [1.54, 1.807) is 13.8 Å². The smallest absolute Gasteiger partial charge is 0.393 e. The summed E-state index contributed by atoms with van der Waals surface area (Å²) in [4.78, 5) is 0. The van der Waals surface area contributed by atoms with Gasteiger partial charge < -0.3 is 23.1 Å². The molecule has 1 radical (unpaired) electrons. The summed E-state index contributed by atoms with van der Waals surface area (Å²) >= 11 is 0. The first-order valence-corrected chi connectivity index (χ1v) is 8.80. The maximum atomic E-state index is 8.56. The van der Waals surface area contributed by atoms with E-state index in [0.717, 1.165) is 0 Å². The summed E-state index contributed by atoms with van der Waals surface area (Å²) in [6, 6.07) is 0. The largest absolute Gasteiger partial charge is 2.00 e. The van der Waals surface area contributed by atoms with E-state index < -0.39 is 0 Å². The van der Waals surface area contributed by atoms with Gasteiger partial charge in [-0.3, -0.25) is 0 Å². The van der Waals surface area contributed by atoms with Crippen LogP contribution < -0.4 is 0 Å². The Morgan fingerprint density at radius 1 is 0.636 bits per heavy atom. The van der Waals surface area contributed by atoms with E-state index in [9.17, 15) is 0 Å². The fourth-order valence-corrected chi connectivity index (χ4v) is 1.91. The molecule has 22 heavy (non-hydrogen) atoms. The van der Waals surface area contributed by atoms with Gasteiger partial charge in [0.1, 0.15) is 0 Å². The van der Waals surface area contributed by atoms with Crippen molar-refractivity contribution < 1.29 is 29.7 Å². The molecule has 0 aliphatic heterocycles. The average molecular weight is 405 g/mol. The normalized spacial score (nSPS) is 16.4. The second kappa shape index (κ2) is 29.5. The fraction of sp³-hybridized carbons (Fsp3) is 0.895. The summed E-state index contributed by atoms with van der Waals surface area (Å²) in [6.07, 6.45) is 15.7. The van der Waals surface area contributed by atoms with Gasteiger partial charge in [0.25, 0.3) is 0 Å². The Morgan fingerprint density at radius 3 is 0.818 bits per heavy atom. The van der Waals surface area contributed by atoms with Crippen LogP contribution in [0.3, 0.4) is 0 Å². The molecule has 0 saturated heterocycles. The molecule has 1 aliphatic rings. The van der Waals surface area contributed by atoms with Crippen LogP contribution in [0.2, 0.25) is 0 Å². The van der Waals surface area contributed by atoms with Crippen LogP contribution in [0.5, 0.6) is 0 Å². The second-order valence-electron chi connectivity index (χ2n) is 5.92. The van der Waals surface area contributed by atoms with Crippen molar-refractivity contribution in [1.29, 1.82) is 0 Å². The molecule has 0 spiro atoms. The minimum absolute atomic E-state index is 0. The van der Waals surface area contributed by atoms with Crippen molar-refractivity contribution in [2.24, 2.45) is 0 Å². The van der Waals surface area contributed by atoms with Crippen LogP contribution in [-0.2, 0) is 19.5 Å². The van der Waals surface area contributed by atoms with Crippen LogP contribution in [0.1, 0.15) is 99.3 Å². The standard InChI is InChI=1S/C8H16.C5H12O2.2C3H7.Rh/c1-2-4-6-8-7-5-3-1;1-4(6)3-5(2)7;2*1-3-2;/h1-8H2;4-7H,3H2,1-2H3;2*3H,1-2H3;/q;;2*-1;+2. The van der Waals surface area contributed by atoms with E-state index in [2.05, 4.69) is 0 Å². The van der Waals surface area contributed by atoms with Crippen LogP contribution in [0, 0.1) is 12.8 Å². The van der Waals surface area contributed by atoms with Gasteiger partial charge in [-0.05, 0) is 20.3 Å². The molecule has 2 N–H and O–H groups in total. The van der Waals surface area contributed by atoms with Crippen LogP contribution in [0.15, 0.2) is 0 Å². The van der Waals surface area contributed by atoms with Crippen molar-refractivity contribution in [2.45, 2.75) is 112 Å². The second-order valence-corrected chi connectivity index (χ2v) is 5.92. The summed E-state index contributed by atoms with van der Waals surface area (Å²) in [5, 5.41) is 17.1. The molecule has 1 rings (SSSR count). The van der Waals surface area contributed by atoms with Crippen LogP contribution in [0.25, 0.3) is 0 Å². The van der Waals surface area contributed by atoms with Crippen LogP contribution >= 0.6 is 0 Å². The Kier molecular flexibility index (Phi) is 40.9. The molecular formula is C19H42O2Rh. The molecule has 0 amide bonds. The fourth-order valence-electron chi connectivity index (χ4n) is 1.91. The molecule has 2 unspecified atom stereocenters. The van der Waals surface area contributed by atoms with Crippen molar-refractivity contribution in [2.75, 3.05) is 0 Å². The molecule has 3 heteroatoms. The SMILES string of the molecule is C1CCCCCCC1.CC(O)CC(C)O.C[CH-]C.C[CH-]C.[Rh+2]. The summed E-state index contributed by atoms with van der Waals surface area (Å²) in [6.45, 7) is 11.3. The number of aliphatic hydroxyl groups excluding tert-OH is 2.